The maximum Gasteiger partial charge on any atom is 0.138 e. The molecule has 0 fully saturated rings. The molecule has 2 aromatic heterocycles. The zero-order valence-electron chi connectivity index (χ0n) is 14.3. The summed E-state index contributed by atoms with van der Waals surface area (Å²) in [6, 6.07) is 8.97. The summed E-state index contributed by atoms with van der Waals surface area (Å²) in [6.07, 6.45) is 9.46. The second kappa shape index (κ2) is 7.41. The van der Waals surface area contributed by atoms with Crippen LogP contribution in [0.4, 0.5) is 0 Å². The summed E-state index contributed by atoms with van der Waals surface area (Å²) in [5, 5.41) is 4.18. The third kappa shape index (κ3) is 3.48. The highest BCUT2D eigenvalue weighted by molar-refractivity contribution is 7.98. The first kappa shape index (κ1) is 16.4. The molecule has 7 heteroatoms. The molecule has 6 nitrogen and oxygen atoms in total. The van der Waals surface area contributed by atoms with E-state index in [1.165, 1.54) is 17.0 Å². The molecule has 1 N–H and O–H groups in total. The summed E-state index contributed by atoms with van der Waals surface area (Å²) in [5.41, 5.74) is 4.90. The van der Waals surface area contributed by atoms with E-state index in [1.54, 1.807) is 17.3 Å². The molecule has 1 aliphatic heterocycles. The van der Waals surface area contributed by atoms with Gasteiger partial charge in [-0.1, -0.05) is 12.1 Å². The number of thioether (sulfide) groups is 1. The van der Waals surface area contributed by atoms with Crippen LogP contribution in [0.5, 0.6) is 0 Å². The van der Waals surface area contributed by atoms with Gasteiger partial charge in [0.2, 0.25) is 0 Å². The Hall–Kier alpha value is -2.12. The molecule has 1 aromatic carbocycles. The van der Waals surface area contributed by atoms with Gasteiger partial charge in [-0.2, -0.15) is 16.9 Å². The number of nitrogens with zero attached hydrogens (tertiary/aromatic N) is 5. The van der Waals surface area contributed by atoms with E-state index in [2.05, 4.69) is 55.5 Å². The molecule has 0 bridgehead atoms. The molecule has 0 amide bonds. The highest BCUT2D eigenvalue weighted by Gasteiger charge is 2.29. The molecule has 4 rings (SSSR count). The first-order valence-corrected chi connectivity index (χ1v) is 9.93. The Labute approximate surface area is 151 Å². The van der Waals surface area contributed by atoms with Crippen LogP contribution in [0.2, 0.25) is 0 Å². The van der Waals surface area contributed by atoms with Gasteiger partial charge in [-0.25, -0.2) is 14.6 Å². The molecule has 130 valence electrons. The number of aromatic amines is 1. The SMILES string of the molecule is CSCCC1c2nc[nH]c2CCN1Cc1ccc(-n2cncn2)cc1. The Balaban J connectivity index is 1.51. The maximum atomic E-state index is 4.61. The van der Waals surface area contributed by atoms with Crippen molar-refractivity contribution < 1.29 is 0 Å². The van der Waals surface area contributed by atoms with Crippen molar-refractivity contribution in [3.8, 4) is 5.69 Å². The molecule has 1 aliphatic rings. The molecule has 0 saturated carbocycles. The number of hydrogen-bond acceptors (Lipinski definition) is 5. The van der Waals surface area contributed by atoms with E-state index in [0.717, 1.165) is 37.4 Å². The van der Waals surface area contributed by atoms with Crippen molar-refractivity contribution in [2.45, 2.75) is 25.4 Å². The van der Waals surface area contributed by atoms with Gasteiger partial charge in [0.1, 0.15) is 12.7 Å². The number of fused-ring (bicyclic) bond motifs is 1. The fourth-order valence-corrected chi connectivity index (χ4v) is 3.93. The summed E-state index contributed by atoms with van der Waals surface area (Å²) in [5.74, 6) is 1.15. The molecule has 1 atom stereocenters. The molecule has 0 saturated heterocycles. The number of rotatable bonds is 6. The summed E-state index contributed by atoms with van der Waals surface area (Å²) in [6.45, 7) is 2.02. The Morgan fingerprint density at radius 3 is 2.92 bits per heavy atom. The maximum absolute atomic E-state index is 4.61. The Morgan fingerprint density at radius 1 is 1.28 bits per heavy atom. The monoisotopic (exact) mass is 354 g/mol. The highest BCUT2D eigenvalue weighted by atomic mass is 32.2. The van der Waals surface area contributed by atoms with Gasteiger partial charge in [-0.3, -0.25) is 4.90 Å². The quantitative estimate of drug-likeness (QED) is 0.737. The standard InChI is InChI=1S/C18H22N6S/c1-25-9-7-17-18-16(20-12-21-18)6-8-23(17)10-14-2-4-15(5-3-14)24-13-19-11-22-24/h2-5,11-13,17H,6-10H2,1H3,(H,20,21). The van der Waals surface area contributed by atoms with Gasteiger partial charge in [0.15, 0.2) is 0 Å². The summed E-state index contributed by atoms with van der Waals surface area (Å²) in [4.78, 5) is 14.5. The van der Waals surface area contributed by atoms with E-state index in [0.29, 0.717) is 6.04 Å². The molecule has 0 spiro atoms. The zero-order valence-corrected chi connectivity index (χ0v) is 15.1. The molecular formula is C18H22N6S. The van der Waals surface area contributed by atoms with Crippen molar-refractivity contribution in [2.75, 3.05) is 18.6 Å². The summed E-state index contributed by atoms with van der Waals surface area (Å²) in [7, 11) is 0. The van der Waals surface area contributed by atoms with Crippen molar-refractivity contribution in [1.82, 2.24) is 29.6 Å². The first-order valence-electron chi connectivity index (χ1n) is 8.54. The Kier molecular flexibility index (Phi) is 4.85. The average Bonchev–Trinajstić information content (AvgIpc) is 3.33. The van der Waals surface area contributed by atoms with Gasteiger partial charge in [0.25, 0.3) is 0 Å². The smallest absolute Gasteiger partial charge is 0.138 e. The van der Waals surface area contributed by atoms with Crippen molar-refractivity contribution >= 4 is 11.8 Å². The summed E-state index contributed by atoms with van der Waals surface area (Å²) < 4.78 is 1.78. The van der Waals surface area contributed by atoms with Crippen molar-refractivity contribution in [1.29, 1.82) is 0 Å². The van der Waals surface area contributed by atoms with Crippen LogP contribution in [-0.4, -0.2) is 48.2 Å². The van der Waals surface area contributed by atoms with E-state index < -0.39 is 0 Å². The Morgan fingerprint density at radius 2 is 2.16 bits per heavy atom. The van der Waals surface area contributed by atoms with Crippen LogP contribution < -0.4 is 0 Å². The van der Waals surface area contributed by atoms with Gasteiger partial charge in [0.05, 0.1) is 23.8 Å². The van der Waals surface area contributed by atoms with Crippen LogP contribution in [0.3, 0.4) is 0 Å². The zero-order chi connectivity index (χ0) is 17.1. The molecule has 3 aromatic rings. The van der Waals surface area contributed by atoms with Crippen molar-refractivity contribution in [2.24, 2.45) is 0 Å². The van der Waals surface area contributed by atoms with Gasteiger partial charge in [0, 0.05) is 25.2 Å². The predicted molar refractivity (Wildman–Crippen MR) is 99.8 cm³/mol. The third-order valence-electron chi connectivity index (χ3n) is 4.76. The minimum atomic E-state index is 0.400. The van der Waals surface area contributed by atoms with E-state index in [9.17, 15) is 0 Å². The lowest BCUT2D eigenvalue weighted by molar-refractivity contribution is 0.168. The lowest BCUT2D eigenvalue weighted by Gasteiger charge is -2.35. The van der Waals surface area contributed by atoms with Gasteiger partial charge >= 0.3 is 0 Å². The minimum absolute atomic E-state index is 0.400. The third-order valence-corrected chi connectivity index (χ3v) is 5.40. The van der Waals surface area contributed by atoms with E-state index in [4.69, 9.17) is 0 Å². The van der Waals surface area contributed by atoms with Gasteiger partial charge in [-0.15, -0.1) is 0 Å². The molecule has 3 heterocycles. The number of aromatic nitrogens is 5. The minimum Gasteiger partial charge on any atom is -0.348 e. The Bertz CT molecular complexity index is 795. The van der Waals surface area contributed by atoms with Crippen LogP contribution in [0, 0.1) is 0 Å². The second-order valence-corrected chi connectivity index (χ2v) is 7.28. The van der Waals surface area contributed by atoms with Crippen molar-refractivity contribution in [3.05, 3.63) is 60.2 Å². The topological polar surface area (TPSA) is 62.6 Å². The fourth-order valence-electron chi connectivity index (χ4n) is 3.47. The van der Waals surface area contributed by atoms with Crippen LogP contribution in [0.15, 0.2) is 43.2 Å². The normalized spacial score (nSPS) is 17.6. The number of imidazole rings is 1. The number of H-pyrrole nitrogens is 1. The fraction of sp³-hybridized carbons (Fsp3) is 0.389. The lowest BCUT2D eigenvalue weighted by Crippen LogP contribution is -2.35. The van der Waals surface area contributed by atoms with Crippen molar-refractivity contribution in [3.63, 3.8) is 0 Å². The number of nitrogens with one attached hydrogen (secondary N) is 1. The number of hydrogen-bond donors (Lipinski definition) is 1. The van der Waals surface area contributed by atoms with E-state index >= 15 is 0 Å². The van der Waals surface area contributed by atoms with Crippen LogP contribution in [0.1, 0.15) is 29.4 Å². The largest absolute Gasteiger partial charge is 0.348 e. The lowest BCUT2D eigenvalue weighted by atomic mass is 9.99. The molecular weight excluding hydrogens is 332 g/mol. The molecule has 25 heavy (non-hydrogen) atoms. The average molecular weight is 354 g/mol. The predicted octanol–water partition coefficient (Wildman–Crippen LogP) is 2.84. The molecule has 1 unspecified atom stereocenters. The highest BCUT2D eigenvalue weighted by Crippen LogP contribution is 2.32. The molecule has 0 radical (unpaired) electrons. The van der Waals surface area contributed by atoms with Crippen LogP contribution >= 0.6 is 11.8 Å². The van der Waals surface area contributed by atoms with Crippen LogP contribution in [0.25, 0.3) is 5.69 Å². The van der Waals surface area contributed by atoms with E-state index in [1.807, 2.05) is 18.1 Å². The van der Waals surface area contributed by atoms with Crippen LogP contribution in [-0.2, 0) is 13.0 Å². The second-order valence-electron chi connectivity index (χ2n) is 6.29. The first-order chi connectivity index (χ1) is 12.3. The summed E-state index contributed by atoms with van der Waals surface area (Å²) >= 11 is 1.90. The van der Waals surface area contributed by atoms with Gasteiger partial charge < -0.3 is 4.98 Å². The van der Waals surface area contributed by atoms with Gasteiger partial charge in [-0.05, 0) is 36.1 Å². The molecule has 0 aliphatic carbocycles. The number of benzene rings is 1. The van der Waals surface area contributed by atoms with E-state index in [-0.39, 0.29) is 0 Å².